The summed E-state index contributed by atoms with van der Waals surface area (Å²) >= 11 is 0. The Balaban J connectivity index is 2.07. The highest BCUT2D eigenvalue weighted by molar-refractivity contribution is 6.10. The number of halogens is 4. The minimum absolute atomic E-state index is 0.0284. The second-order valence-electron chi connectivity index (χ2n) is 5.96. The molecule has 148 valence electrons. The van der Waals surface area contributed by atoms with Crippen molar-refractivity contribution >= 4 is 17.6 Å². The smallest absolute Gasteiger partial charge is 0.432 e. The van der Waals surface area contributed by atoms with Gasteiger partial charge in [-0.25, -0.2) is 14.2 Å². The Bertz CT molecular complexity index is 937. The summed E-state index contributed by atoms with van der Waals surface area (Å²) in [7, 11) is 0. The van der Waals surface area contributed by atoms with Crippen LogP contribution in [-0.2, 0) is 14.3 Å². The summed E-state index contributed by atoms with van der Waals surface area (Å²) in [6, 6.07) is 5.48. The Hall–Kier alpha value is -3.21. The number of nitrogens with one attached hydrogen (secondary N) is 1. The quantitative estimate of drug-likeness (QED) is 0.505. The fourth-order valence-electron chi connectivity index (χ4n) is 3.07. The van der Waals surface area contributed by atoms with Crippen LogP contribution in [0.2, 0.25) is 0 Å². The van der Waals surface area contributed by atoms with Crippen molar-refractivity contribution in [2.24, 2.45) is 16.5 Å². The van der Waals surface area contributed by atoms with E-state index in [1.807, 2.05) is 0 Å². The third-order valence-electron chi connectivity index (χ3n) is 4.27. The van der Waals surface area contributed by atoms with Gasteiger partial charge in [-0.3, -0.25) is 10.1 Å². The lowest BCUT2D eigenvalue weighted by molar-refractivity contribution is -0.206. The first kappa shape index (κ1) is 19.5. The standard InChI is InChI=1S/C17H14F4N4O3/c18-9-4-2-1-3-7(9)11-8(5-22)14(23)25-10-6-24-15(13(26)12(10)11)28-16(27)17(19,20)21/h1-5,11,15,24H,6,22H2,(H2,23,25)/b8-5-. The van der Waals surface area contributed by atoms with E-state index in [-0.39, 0.29) is 34.8 Å². The first-order valence-corrected chi connectivity index (χ1v) is 7.94. The fourth-order valence-corrected chi connectivity index (χ4v) is 3.07. The number of esters is 1. The molecule has 7 nitrogen and oxygen atoms in total. The molecule has 28 heavy (non-hydrogen) atoms. The summed E-state index contributed by atoms with van der Waals surface area (Å²) < 4.78 is 56.1. The molecule has 0 spiro atoms. The lowest BCUT2D eigenvalue weighted by Crippen LogP contribution is -2.50. The van der Waals surface area contributed by atoms with Gasteiger partial charge in [0.1, 0.15) is 11.7 Å². The molecule has 0 saturated heterocycles. The van der Waals surface area contributed by atoms with Gasteiger partial charge in [0.25, 0.3) is 0 Å². The number of ether oxygens (including phenoxy) is 1. The number of hydrogen-bond acceptors (Lipinski definition) is 7. The maximum atomic E-state index is 14.4. The third-order valence-corrected chi connectivity index (χ3v) is 4.27. The average Bonchev–Trinajstić information content (AvgIpc) is 2.62. The van der Waals surface area contributed by atoms with E-state index in [4.69, 9.17) is 11.5 Å². The largest absolute Gasteiger partial charge is 0.490 e. The van der Waals surface area contributed by atoms with Crippen LogP contribution >= 0.6 is 0 Å². The summed E-state index contributed by atoms with van der Waals surface area (Å²) in [4.78, 5) is 28.0. The van der Waals surface area contributed by atoms with Crippen molar-refractivity contribution in [3.05, 3.63) is 58.7 Å². The molecule has 1 aromatic carbocycles. The van der Waals surface area contributed by atoms with Gasteiger partial charge in [-0.1, -0.05) is 18.2 Å². The number of carbonyl (C=O) groups is 2. The van der Waals surface area contributed by atoms with Gasteiger partial charge in [-0.05, 0) is 6.07 Å². The van der Waals surface area contributed by atoms with Crippen LogP contribution in [0, 0.1) is 5.82 Å². The Morgan fingerprint density at radius 3 is 2.61 bits per heavy atom. The number of aliphatic imine (C=N–C) groups is 1. The van der Waals surface area contributed by atoms with Crippen LogP contribution in [0.25, 0.3) is 0 Å². The van der Waals surface area contributed by atoms with E-state index in [0.29, 0.717) is 0 Å². The van der Waals surface area contributed by atoms with Crippen LogP contribution in [0.15, 0.2) is 52.3 Å². The molecule has 2 heterocycles. The number of alkyl halides is 3. The maximum Gasteiger partial charge on any atom is 0.490 e. The van der Waals surface area contributed by atoms with Gasteiger partial charge in [-0.2, -0.15) is 13.2 Å². The van der Waals surface area contributed by atoms with E-state index in [2.05, 4.69) is 15.0 Å². The van der Waals surface area contributed by atoms with Crippen LogP contribution in [0.4, 0.5) is 17.6 Å². The molecule has 3 rings (SSSR count). The molecule has 11 heteroatoms. The Labute approximate surface area is 155 Å². The summed E-state index contributed by atoms with van der Waals surface area (Å²) in [5.74, 6) is -5.38. The van der Waals surface area contributed by atoms with Crippen LogP contribution in [-0.4, -0.2) is 36.5 Å². The molecule has 0 aliphatic carbocycles. The van der Waals surface area contributed by atoms with Crippen LogP contribution in [0.1, 0.15) is 11.5 Å². The van der Waals surface area contributed by atoms with Crippen molar-refractivity contribution in [1.82, 2.24) is 5.32 Å². The number of hydrogen-bond donors (Lipinski definition) is 3. The van der Waals surface area contributed by atoms with E-state index < -0.39 is 35.9 Å². The zero-order valence-electron chi connectivity index (χ0n) is 14.1. The van der Waals surface area contributed by atoms with Crippen molar-refractivity contribution < 1.29 is 31.9 Å². The van der Waals surface area contributed by atoms with Crippen molar-refractivity contribution in [3.8, 4) is 0 Å². The van der Waals surface area contributed by atoms with Gasteiger partial charge in [0.2, 0.25) is 12.0 Å². The minimum atomic E-state index is -5.28. The molecule has 0 aromatic heterocycles. The number of nitrogens with two attached hydrogens (primary N) is 2. The SMILES string of the molecule is N/C=C1\C(N)=NC2=C(C(=O)C(OC(=O)C(F)(F)F)NC2)C1c1ccccc1F. The first-order chi connectivity index (χ1) is 13.1. The van der Waals surface area contributed by atoms with Crippen molar-refractivity contribution in [1.29, 1.82) is 0 Å². The second-order valence-corrected chi connectivity index (χ2v) is 5.96. The van der Waals surface area contributed by atoms with Gasteiger partial charge >= 0.3 is 12.1 Å². The molecule has 0 amide bonds. The number of rotatable bonds is 2. The van der Waals surface area contributed by atoms with Crippen LogP contribution < -0.4 is 16.8 Å². The number of nitrogens with zero attached hydrogens (tertiary/aromatic N) is 1. The van der Waals surface area contributed by atoms with Crippen LogP contribution in [0.3, 0.4) is 0 Å². The lowest BCUT2D eigenvalue weighted by atomic mass is 9.78. The molecule has 0 fully saturated rings. The fraction of sp³-hybridized carbons (Fsp3) is 0.235. The Morgan fingerprint density at radius 1 is 1.32 bits per heavy atom. The van der Waals surface area contributed by atoms with Gasteiger partial charge in [-0.15, -0.1) is 0 Å². The molecule has 0 saturated carbocycles. The normalized spacial score (nSPS) is 24.1. The van der Waals surface area contributed by atoms with E-state index in [1.165, 1.54) is 18.2 Å². The summed E-state index contributed by atoms with van der Waals surface area (Å²) in [5.41, 5.74) is 11.5. The summed E-state index contributed by atoms with van der Waals surface area (Å²) in [6.07, 6.45) is -6.14. The Morgan fingerprint density at radius 2 is 2.00 bits per heavy atom. The lowest BCUT2D eigenvalue weighted by Gasteiger charge is -2.34. The predicted molar refractivity (Wildman–Crippen MR) is 89.0 cm³/mol. The highest BCUT2D eigenvalue weighted by Crippen LogP contribution is 2.40. The number of benzene rings is 1. The van der Waals surface area contributed by atoms with Gasteiger partial charge < -0.3 is 16.2 Å². The Kier molecular flexibility index (Phi) is 4.94. The molecule has 2 atom stereocenters. The number of carbonyl (C=O) groups excluding carboxylic acids is 2. The van der Waals surface area contributed by atoms with Crippen molar-refractivity contribution in [2.45, 2.75) is 18.3 Å². The highest BCUT2D eigenvalue weighted by Gasteiger charge is 2.47. The molecular formula is C17H14F4N4O3. The molecule has 2 aliphatic rings. The van der Waals surface area contributed by atoms with Gasteiger partial charge in [0, 0.05) is 35.4 Å². The molecule has 0 bridgehead atoms. The van der Waals surface area contributed by atoms with Crippen molar-refractivity contribution in [3.63, 3.8) is 0 Å². The summed E-state index contributed by atoms with van der Waals surface area (Å²) in [5, 5.41) is 2.35. The summed E-state index contributed by atoms with van der Waals surface area (Å²) in [6.45, 7) is -0.222. The number of ketones is 1. The van der Waals surface area contributed by atoms with Crippen molar-refractivity contribution in [2.75, 3.05) is 6.54 Å². The molecule has 1 aromatic rings. The van der Waals surface area contributed by atoms with Gasteiger partial charge in [0.05, 0.1) is 5.70 Å². The van der Waals surface area contributed by atoms with E-state index >= 15 is 0 Å². The van der Waals surface area contributed by atoms with Crippen LogP contribution in [0.5, 0.6) is 0 Å². The zero-order chi connectivity index (χ0) is 20.6. The van der Waals surface area contributed by atoms with E-state index in [1.54, 1.807) is 0 Å². The number of amidine groups is 1. The zero-order valence-corrected chi connectivity index (χ0v) is 14.1. The van der Waals surface area contributed by atoms with E-state index in [0.717, 1.165) is 12.3 Å². The van der Waals surface area contributed by atoms with E-state index in [9.17, 15) is 27.2 Å². The minimum Gasteiger partial charge on any atom is -0.432 e. The second kappa shape index (κ2) is 7.08. The molecular weight excluding hydrogens is 384 g/mol. The monoisotopic (exact) mass is 398 g/mol. The molecule has 0 radical (unpaired) electrons. The third kappa shape index (κ3) is 3.36. The predicted octanol–water partition coefficient (Wildman–Crippen LogP) is 0.981. The first-order valence-electron chi connectivity index (χ1n) is 7.94. The molecule has 2 aliphatic heterocycles. The van der Waals surface area contributed by atoms with Gasteiger partial charge in [0.15, 0.2) is 0 Å². The molecule has 5 N–H and O–H groups in total. The highest BCUT2D eigenvalue weighted by atomic mass is 19.4. The average molecular weight is 398 g/mol. The number of Topliss-reactive ketones (excluding diaryl/α,β-unsaturated/α-hetero) is 1. The topological polar surface area (TPSA) is 120 Å². The molecule has 2 unspecified atom stereocenters. The maximum absolute atomic E-state index is 14.4.